The first kappa shape index (κ1) is 17.6. The highest BCUT2D eigenvalue weighted by atomic mass is 19.1. The number of likely N-dealkylation sites (tertiary alicyclic amines) is 1. The molecule has 2 heterocycles. The fourth-order valence-corrected chi connectivity index (χ4v) is 3.60. The maximum atomic E-state index is 13.8. The minimum absolute atomic E-state index is 0.0338. The average Bonchev–Trinajstić information content (AvgIpc) is 3.07. The number of carbonyl (C=O) groups is 1. The molecule has 0 atom stereocenters. The van der Waals surface area contributed by atoms with E-state index in [-0.39, 0.29) is 18.3 Å². The number of piperidine rings is 1. The van der Waals surface area contributed by atoms with Crippen molar-refractivity contribution in [1.82, 2.24) is 14.7 Å². The lowest BCUT2D eigenvalue weighted by atomic mass is 9.93. The standard InChI is InChI=1S/C19H24FN3O2/c1-13-11-16(12-14(2)18(13)20)19(25)22-7-4-15(5-8-22)17-3-6-21-23(17)9-10-24/h3,6,11-12,15,24H,4-5,7-10H2,1-2H3. The lowest BCUT2D eigenvalue weighted by Crippen LogP contribution is -2.38. The molecule has 2 aromatic rings. The van der Waals surface area contributed by atoms with Crippen LogP contribution in [0.5, 0.6) is 0 Å². The molecule has 0 bridgehead atoms. The lowest BCUT2D eigenvalue weighted by Gasteiger charge is -2.32. The molecule has 3 rings (SSSR count). The van der Waals surface area contributed by atoms with Crippen LogP contribution < -0.4 is 0 Å². The molecular formula is C19H24FN3O2. The van der Waals surface area contributed by atoms with Crippen LogP contribution in [0.1, 0.15) is 45.9 Å². The van der Waals surface area contributed by atoms with E-state index in [1.807, 2.05) is 15.6 Å². The highest BCUT2D eigenvalue weighted by molar-refractivity contribution is 5.94. The monoisotopic (exact) mass is 345 g/mol. The molecule has 0 aliphatic carbocycles. The van der Waals surface area contributed by atoms with Crippen LogP contribution in [-0.4, -0.2) is 45.4 Å². The zero-order chi connectivity index (χ0) is 18.0. The Morgan fingerprint density at radius 1 is 1.28 bits per heavy atom. The molecule has 0 saturated carbocycles. The molecule has 1 saturated heterocycles. The Labute approximate surface area is 147 Å². The van der Waals surface area contributed by atoms with Gasteiger partial charge in [-0.1, -0.05) is 0 Å². The summed E-state index contributed by atoms with van der Waals surface area (Å²) in [5, 5.41) is 13.4. The van der Waals surface area contributed by atoms with Crippen LogP contribution in [-0.2, 0) is 6.54 Å². The van der Waals surface area contributed by atoms with Gasteiger partial charge in [0, 0.05) is 36.5 Å². The summed E-state index contributed by atoms with van der Waals surface area (Å²) in [5.41, 5.74) is 2.69. The van der Waals surface area contributed by atoms with Crippen molar-refractivity contribution in [2.24, 2.45) is 0 Å². The average molecular weight is 345 g/mol. The third kappa shape index (κ3) is 3.58. The molecule has 1 aromatic heterocycles. The molecule has 1 fully saturated rings. The maximum Gasteiger partial charge on any atom is 0.253 e. The van der Waals surface area contributed by atoms with Gasteiger partial charge in [0.2, 0.25) is 0 Å². The molecule has 1 aliphatic rings. The fraction of sp³-hybridized carbons (Fsp3) is 0.474. The van der Waals surface area contributed by atoms with Gasteiger partial charge in [-0.25, -0.2) is 4.39 Å². The number of aliphatic hydroxyl groups excluding tert-OH is 1. The van der Waals surface area contributed by atoms with Crippen LogP contribution in [0, 0.1) is 19.7 Å². The molecule has 1 N–H and O–H groups in total. The summed E-state index contributed by atoms with van der Waals surface area (Å²) in [6.07, 6.45) is 3.48. The minimum Gasteiger partial charge on any atom is -0.394 e. The molecule has 0 radical (unpaired) electrons. The van der Waals surface area contributed by atoms with Crippen LogP contribution in [0.2, 0.25) is 0 Å². The van der Waals surface area contributed by atoms with Crippen molar-refractivity contribution < 1.29 is 14.3 Å². The number of hydrogen-bond acceptors (Lipinski definition) is 3. The summed E-state index contributed by atoms with van der Waals surface area (Å²) in [5.74, 6) is 0.0655. The Balaban J connectivity index is 1.68. The largest absolute Gasteiger partial charge is 0.394 e. The van der Waals surface area contributed by atoms with Gasteiger partial charge >= 0.3 is 0 Å². The van der Waals surface area contributed by atoms with Crippen molar-refractivity contribution in [3.05, 3.63) is 52.6 Å². The minimum atomic E-state index is -0.243. The second kappa shape index (κ2) is 7.35. The van der Waals surface area contributed by atoms with E-state index in [2.05, 4.69) is 5.10 Å². The van der Waals surface area contributed by atoms with E-state index in [1.54, 1.807) is 32.2 Å². The van der Waals surface area contributed by atoms with Crippen molar-refractivity contribution in [3.63, 3.8) is 0 Å². The van der Waals surface area contributed by atoms with Gasteiger partial charge in [0.1, 0.15) is 5.82 Å². The number of halogens is 1. The highest BCUT2D eigenvalue weighted by Crippen LogP contribution is 2.29. The topological polar surface area (TPSA) is 58.4 Å². The van der Waals surface area contributed by atoms with Crippen LogP contribution in [0.15, 0.2) is 24.4 Å². The van der Waals surface area contributed by atoms with Gasteiger partial charge in [-0.2, -0.15) is 5.10 Å². The van der Waals surface area contributed by atoms with E-state index in [9.17, 15) is 9.18 Å². The van der Waals surface area contributed by atoms with Crippen molar-refractivity contribution in [2.45, 2.75) is 39.2 Å². The summed E-state index contributed by atoms with van der Waals surface area (Å²) in [6, 6.07) is 5.25. The quantitative estimate of drug-likeness (QED) is 0.927. The number of hydrogen-bond donors (Lipinski definition) is 1. The third-order valence-corrected chi connectivity index (χ3v) is 4.95. The number of nitrogens with zero attached hydrogens (tertiary/aromatic N) is 3. The van der Waals surface area contributed by atoms with E-state index in [0.29, 0.717) is 42.2 Å². The van der Waals surface area contributed by atoms with Gasteiger partial charge in [-0.3, -0.25) is 9.48 Å². The summed E-state index contributed by atoms with van der Waals surface area (Å²) in [4.78, 5) is 14.6. The van der Waals surface area contributed by atoms with Crippen molar-refractivity contribution >= 4 is 5.91 Å². The molecule has 6 heteroatoms. The van der Waals surface area contributed by atoms with E-state index in [1.165, 1.54) is 0 Å². The van der Waals surface area contributed by atoms with Crippen molar-refractivity contribution in [1.29, 1.82) is 0 Å². The Morgan fingerprint density at radius 3 is 2.52 bits per heavy atom. The van der Waals surface area contributed by atoms with Crippen LogP contribution >= 0.6 is 0 Å². The Bertz CT molecular complexity index is 741. The predicted octanol–water partition coefficient (Wildman–Crippen LogP) is 2.65. The van der Waals surface area contributed by atoms with Gasteiger partial charge in [-0.15, -0.1) is 0 Å². The summed E-state index contributed by atoms with van der Waals surface area (Å²) < 4.78 is 15.6. The summed E-state index contributed by atoms with van der Waals surface area (Å²) in [6.45, 7) is 5.28. The first-order chi connectivity index (χ1) is 12.0. The first-order valence-corrected chi connectivity index (χ1v) is 8.70. The molecule has 134 valence electrons. The summed E-state index contributed by atoms with van der Waals surface area (Å²) >= 11 is 0. The van der Waals surface area contributed by atoms with Gasteiger partial charge in [0.15, 0.2) is 0 Å². The van der Waals surface area contributed by atoms with Crippen LogP contribution in [0.4, 0.5) is 4.39 Å². The van der Waals surface area contributed by atoms with E-state index in [0.717, 1.165) is 18.5 Å². The van der Waals surface area contributed by atoms with Gasteiger partial charge in [0.25, 0.3) is 5.91 Å². The number of aryl methyl sites for hydroxylation is 2. The molecule has 1 amide bonds. The number of carbonyl (C=O) groups excluding carboxylic acids is 1. The zero-order valence-electron chi connectivity index (χ0n) is 14.7. The van der Waals surface area contributed by atoms with Crippen LogP contribution in [0.25, 0.3) is 0 Å². The summed E-state index contributed by atoms with van der Waals surface area (Å²) in [7, 11) is 0. The van der Waals surface area contributed by atoms with Crippen LogP contribution in [0.3, 0.4) is 0 Å². The molecule has 25 heavy (non-hydrogen) atoms. The number of benzene rings is 1. The predicted molar refractivity (Wildman–Crippen MR) is 93.1 cm³/mol. The maximum absolute atomic E-state index is 13.8. The van der Waals surface area contributed by atoms with E-state index in [4.69, 9.17) is 5.11 Å². The number of amides is 1. The SMILES string of the molecule is Cc1cc(C(=O)N2CCC(c3ccnn3CCO)CC2)cc(C)c1F. The Morgan fingerprint density at radius 2 is 1.92 bits per heavy atom. The van der Waals surface area contributed by atoms with Gasteiger partial charge in [0.05, 0.1) is 13.2 Å². The lowest BCUT2D eigenvalue weighted by molar-refractivity contribution is 0.0710. The van der Waals surface area contributed by atoms with Gasteiger partial charge in [-0.05, 0) is 56.0 Å². The second-order valence-corrected chi connectivity index (χ2v) is 6.69. The number of aliphatic hydroxyl groups is 1. The first-order valence-electron chi connectivity index (χ1n) is 8.70. The smallest absolute Gasteiger partial charge is 0.253 e. The molecule has 0 unspecified atom stereocenters. The normalized spacial score (nSPS) is 15.6. The number of aromatic nitrogens is 2. The number of rotatable bonds is 4. The highest BCUT2D eigenvalue weighted by Gasteiger charge is 2.26. The molecule has 0 spiro atoms. The molecule has 1 aromatic carbocycles. The third-order valence-electron chi connectivity index (χ3n) is 4.95. The zero-order valence-corrected chi connectivity index (χ0v) is 14.7. The van der Waals surface area contributed by atoms with Crippen molar-refractivity contribution in [2.75, 3.05) is 19.7 Å². The van der Waals surface area contributed by atoms with Gasteiger partial charge < -0.3 is 10.0 Å². The second-order valence-electron chi connectivity index (χ2n) is 6.69. The van der Waals surface area contributed by atoms with Crippen molar-refractivity contribution in [3.8, 4) is 0 Å². The molecule has 1 aliphatic heterocycles. The van der Waals surface area contributed by atoms with E-state index < -0.39 is 0 Å². The molecular weight excluding hydrogens is 321 g/mol. The van der Waals surface area contributed by atoms with E-state index >= 15 is 0 Å². The molecule has 5 nitrogen and oxygen atoms in total. The Hall–Kier alpha value is -2.21. The Kier molecular flexibility index (Phi) is 5.18. The fourth-order valence-electron chi connectivity index (χ4n) is 3.60.